The van der Waals surface area contributed by atoms with Gasteiger partial charge in [-0.15, -0.1) is 0 Å². The number of hydrogen-bond donors (Lipinski definition) is 1. The van der Waals surface area contributed by atoms with Crippen LogP contribution in [-0.4, -0.2) is 28.4 Å². The van der Waals surface area contributed by atoms with E-state index in [0.29, 0.717) is 6.04 Å². The zero-order chi connectivity index (χ0) is 23.5. The van der Waals surface area contributed by atoms with E-state index in [9.17, 15) is 4.79 Å². The smallest absolute Gasteiger partial charge is 0.254 e. The molecule has 4 nitrogen and oxygen atoms in total. The molecule has 1 fully saturated rings. The van der Waals surface area contributed by atoms with Crippen molar-refractivity contribution in [2.24, 2.45) is 0 Å². The normalized spacial score (nSPS) is 18.2. The zero-order valence-corrected chi connectivity index (χ0v) is 19.9. The van der Waals surface area contributed by atoms with Gasteiger partial charge < -0.3 is 10.2 Å². The number of hydrogen-bond acceptors (Lipinski definition) is 3. The van der Waals surface area contributed by atoms with E-state index in [1.165, 1.54) is 16.5 Å². The van der Waals surface area contributed by atoms with Crippen LogP contribution in [0.25, 0.3) is 10.9 Å². The van der Waals surface area contributed by atoms with Crippen molar-refractivity contribution in [3.63, 3.8) is 0 Å². The number of pyridine rings is 1. The molecule has 0 unspecified atom stereocenters. The van der Waals surface area contributed by atoms with Crippen LogP contribution < -0.4 is 5.32 Å². The number of carbonyl (C=O) groups is 1. The first-order chi connectivity index (χ1) is 16.6. The molecule has 0 bridgehead atoms. The van der Waals surface area contributed by atoms with Crippen molar-refractivity contribution in [1.82, 2.24) is 15.2 Å². The van der Waals surface area contributed by atoms with E-state index < -0.39 is 0 Å². The van der Waals surface area contributed by atoms with Gasteiger partial charge >= 0.3 is 0 Å². The fraction of sp³-hybridized carbons (Fsp3) is 0.267. The zero-order valence-electron chi connectivity index (χ0n) is 19.9. The van der Waals surface area contributed by atoms with E-state index in [-0.39, 0.29) is 11.9 Å². The van der Waals surface area contributed by atoms with E-state index in [0.717, 1.165) is 48.1 Å². The standard InChI is InChI=1S/C30H31N3O/c1-21-16-22(2)18-25(17-21)30(34)33-15-13-26(19-29(33)23-8-4-3-5-9-23)32-20-24-12-14-31-28-11-7-6-10-27(24)28/h3-12,14,16-18,26,29,32H,13,15,19-20H2,1-2H3/t26-,29-/m0/s1. The Balaban J connectivity index is 1.36. The van der Waals surface area contributed by atoms with Crippen molar-refractivity contribution in [1.29, 1.82) is 0 Å². The molecule has 0 radical (unpaired) electrons. The predicted octanol–water partition coefficient (Wildman–Crippen LogP) is 5.99. The molecule has 172 valence electrons. The summed E-state index contributed by atoms with van der Waals surface area (Å²) in [4.78, 5) is 20.2. The summed E-state index contributed by atoms with van der Waals surface area (Å²) < 4.78 is 0. The quantitative estimate of drug-likeness (QED) is 0.407. The van der Waals surface area contributed by atoms with E-state index >= 15 is 0 Å². The largest absolute Gasteiger partial charge is 0.331 e. The lowest BCUT2D eigenvalue weighted by atomic mass is 9.90. The fourth-order valence-corrected chi connectivity index (χ4v) is 5.21. The van der Waals surface area contributed by atoms with E-state index in [1.807, 2.05) is 30.5 Å². The minimum atomic E-state index is 0.0509. The Bertz CT molecular complexity index is 1280. The third kappa shape index (κ3) is 4.73. The minimum absolute atomic E-state index is 0.0509. The number of piperidine rings is 1. The number of aryl methyl sites for hydroxylation is 2. The molecule has 5 rings (SSSR count). The molecule has 1 saturated heterocycles. The van der Waals surface area contributed by atoms with Crippen molar-refractivity contribution in [3.8, 4) is 0 Å². The Kier molecular flexibility index (Phi) is 6.41. The maximum absolute atomic E-state index is 13.6. The van der Waals surface area contributed by atoms with Crippen molar-refractivity contribution in [3.05, 3.63) is 113 Å². The molecule has 0 aliphatic carbocycles. The topological polar surface area (TPSA) is 45.2 Å². The number of nitrogens with zero attached hydrogens (tertiary/aromatic N) is 2. The number of benzene rings is 3. The van der Waals surface area contributed by atoms with Gasteiger partial charge in [0.05, 0.1) is 11.6 Å². The summed E-state index contributed by atoms with van der Waals surface area (Å²) >= 11 is 0. The summed E-state index contributed by atoms with van der Waals surface area (Å²) in [5.74, 6) is 0.124. The number of aromatic nitrogens is 1. The number of carbonyl (C=O) groups excluding carboxylic acids is 1. The Labute approximate surface area is 201 Å². The third-order valence-electron chi connectivity index (χ3n) is 6.84. The van der Waals surface area contributed by atoms with E-state index in [1.54, 1.807) is 0 Å². The summed E-state index contributed by atoms with van der Waals surface area (Å²) in [6, 6.07) is 27.4. The molecule has 4 heteroatoms. The average molecular weight is 450 g/mol. The lowest BCUT2D eigenvalue weighted by Gasteiger charge is -2.40. The van der Waals surface area contributed by atoms with Crippen LogP contribution >= 0.6 is 0 Å². The third-order valence-corrected chi connectivity index (χ3v) is 6.84. The highest BCUT2D eigenvalue weighted by molar-refractivity contribution is 5.95. The number of para-hydroxylation sites is 1. The van der Waals surface area contributed by atoms with Gasteiger partial charge in [-0.1, -0.05) is 65.7 Å². The molecule has 0 spiro atoms. The first kappa shape index (κ1) is 22.3. The van der Waals surface area contributed by atoms with Gasteiger partial charge in [-0.3, -0.25) is 9.78 Å². The van der Waals surface area contributed by atoms with Crippen LogP contribution in [-0.2, 0) is 6.54 Å². The van der Waals surface area contributed by atoms with Crippen molar-refractivity contribution >= 4 is 16.8 Å². The number of fused-ring (bicyclic) bond motifs is 1. The molecular formula is C30H31N3O. The van der Waals surface area contributed by atoms with Crippen LogP contribution in [0.4, 0.5) is 0 Å². The molecule has 34 heavy (non-hydrogen) atoms. The first-order valence-corrected chi connectivity index (χ1v) is 12.1. The van der Waals surface area contributed by atoms with Crippen molar-refractivity contribution in [2.75, 3.05) is 6.54 Å². The van der Waals surface area contributed by atoms with Gasteiger partial charge in [0.15, 0.2) is 0 Å². The highest BCUT2D eigenvalue weighted by Gasteiger charge is 2.33. The molecule has 1 N–H and O–H groups in total. The van der Waals surface area contributed by atoms with Gasteiger partial charge in [-0.25, -0.2) is 0 Å². The summed E-state index contributed by atoms with van der Waals surface area (Å²) in [7, 11) is 0. The molecule has 3 aromatic carbocycles. The van der Waals surface area contributed by atoms with Gasteiger partial charge in [0.25, 0.3) is 5.91 Å². The summed E-state index contributed by atoms with van der Waals surface area (Å²) in [5.41, 5.74) is 6.52. The molecular weight excluding hydrogens is 418 g/mol. The number of likely N-dealkylation sites (tertiary alicyclic amines) is 1. The lowest BCUT2D eigenvalue weighted by Crippen LogP contribution is -2.46. The highest BCUT2D eigenvalue weighted by atomic mass is 16.2. The van der Waals surface area contributed by atoms with Gasteiger partial charge in [0, 0.05) is 36.3 Å². The SMILES string of the molecule is Cc1cc(C)cc(C(=O)N2CC[C@H](NCc3ccnc4ccccc34)C[C@H]2c2ccccc2)c1. The summed E-state index contributed by atoms with van der Waals surface area (Å²) in [6.45, 7) is 5.63. The van der Waals surface area contributed by atoms with Crippen LogP contribution in [0, 0.1) is 13.8 Å². The molecule has 1 aliphatic rings. The minimum Gasteiger partial charge on any atom is -0.331 e. The Morgan fingerprint density at radius 3 is 2.50 bits per heavy atom. The van der Waals surface area contributed by atoms with Crippen LogP contribution in [0.15, 0.2) is 85.1 Å². The molecule has 1 aliphatic heterocycles. The van der Waals surface area contributed by atoms with E-state index in [4.69, 9.17) is 0 Å². The molecule has 1 aromatic heterocycles. The molecule has 2 heterocycles. The average Bonchev–Trinajstić information content (AvgIpc) is 2.87. The molecule has 4 aromatic rings. The number of amides is 1. The van der Waals surface area contributed by atoms with Crippen LogP contribution in [0.1, 0.15) is 51.5 Å². The Morgan fingerprint density at radius 1 is 0.971 bits per heavy atom. The second-order valence-electron chi connectivity index (χ2n) is 9.39. The van der Waals surface area contributed by atoms with Crippen molar-refractivity contribution in [2.45, 2.75) is 45.3 Å². The maximum atomic E-state index is 13.6. The monoisotopic (exact) mass is 449 g/mol. The molecule has 1 amide bonds. The Hall–Kier alpha value is -3.50. The lowest BCUT2D eigenvalue weighted by molar-refractivity contribution is 0.0574. The van der Waals surface area contributed by atoms with Crippen LogP contribution in [0.3, 0.4) is 0 Å². The fourth-order valence-electron chi connectivity index (χ4n) is 5.21. The van der Waals surface area contributed by atoms with Gasteiger partial charge in [-0.2, -0.15) is 0 Å². The number of rotatable bonds is 5. The highest BCUT2D eigenvalue weighted by Crippen LogP contribution is 2.33. The molecule has 0 saturated carbocycles. The van der Waals surface area contributed by atoms with Crippen LogP contribution in [0.2, 0.25) is 0 Å². The van der Waals surface area contributed by atoms with Gasteiger partial charge in [-0.05, 0) is 62.1 Å². The van der Waals surface area contributed by atoms with Gasteiger partial charge in [0.2, 0.25) is 0 Å². The van der Waals surface area contributed by atoms with Crippen LogP contribution in [0.5, 0.6) is 0 Å². The van der Waals surface area contributed by atoms with E-state index in [2.05, 4.69) is 83.6 Å². The summed E-state index contributed by atoms with van der Waals surface area (Å²) in [6.07, 6.45) is 3.71. The predicted molar refractivity (Wildman–Crippen MR) is 138 cm³/mol. The Morgan fingerprint density at radius 2 is 1.71 bits per heavy atom. The van der Waals surface area contributed by atoms with Gasteiger partial charge in [0.1, 0.15) is 0 Å². The molecule has 2 atom stereocenters. The maximum Gasteiger partial charge on any atom is 0.254 e. The van der Waals surface area contributed by atoms with Crippen molar-refractivity contribution < 1.29 is 4.79 Å². The number of nitrogens with one attached hydrogen (secondary N) is 1. The first-order valence-electron chi connectivity index (χ1n) is 12.1. The second kappa shape index (κ2) is 9.78. The second-order valence-corrected chi connectivity index (χ2v) is 9.39. The summed E-state index contributed by atoms with van der Waals surface area (Å²) in [5, 5.41) is 4.98.